The Morgan fingerprint density at radius 3 is 2.08 bits per heavy atom. The van der Waals surface area contributed by atoms with Crippen LogP contribution in [0.15, 0.2) is 124 Å². The van der Waals surface area contributed by atoms with Crippen molar-refractivity contribution in [3.8, 4) is 5.75 Å². The van der Waals surface area contributed by atoms with Gasteiger partial charge in [-0.2, -0.15) is 8.42 Å². The summed E-state index contributed by atoms with van der Waals surface area (Å²) < 4.78 is 30.3. The van der Waals surface area contributed by atoms with Gasteiger partial charge < -0.3 is 4.18 Å². The molecule has 5 rings (SSSR count). The minimum atomic E-state index is -4.00. The second kappa shape index (κ2) is 10.6. The molecule has 9 heteroatoms. The van der Waals surface area contributed by atoms with Crippen molar-refractivity contribution in [3.63, 3.8) is 0 Å². The average molecular weight is 547 g/mol. The van der Waals surface area contributed by atoms with Crippen LogP contribution in [0.25, 0.3) is 6.08 Å². The zero-order valence-corrected chi connectivity index (χ0v) is 21.6. The van der Waals surface area contributed by atoms with E-state index in [1.165, 1.54) is 48.2 Å². The van der Waals surface area contributed by atoms with E-state index >= 15 is 0 Å². The molecule has 184 valence electrons. The molecular weight excluding hydrogens is 528 g/mol. The minimum absolute atomic E-state index is 0.00211. The van der Waals surface area contributed by atoms with Crippen LogP contribution in [0.5, 0.6) is 5.75 Å². The number of rotatable bonds is 6. The molecule has 1 aliphatic heterocycles. The van der Waals surface area contributed by atoms with Crippen LogP contribution >= 0.6 is 23.4 Å². The van der Waals surface area contributed by atoms with Gasteiger partial charge in [0.15, 0.2) is 5.17 Å². The van der Waals surface area contributed by atoms with E-state index in [4.69, 9.17) is 20.8 Å². The number of hydrogen-bond acceptors (Lipinski definition) is 6. The Balaban J connectivity index is 1.40. The number of carbonyl (C=O) groups is 1. The van der Waals surface area contributed by atoms with Crippen molar-refractivity contribution < 1.29 is 17.4 Å². The SMILES string of the molecule is O=C1/C(=C\c2ccc(OS(=O)(=O)c3ccc(Cl)cc3)cc2)SC(=Nc2ccccc2)N1c1ccccc1. The lowest BCUT2D eigenvalue weighted by atomic mass is 10.2. The molecule has 0 aromatic heterocycles. The van der Waals surface area contributed by atoms with Crippen LogP contribution in [0.1, 0.15) is 5.56 Å². The summed E-state index contributed by atoms with van der Waals surface area (Å²) in [4.78, 5) is 20.2. The molecule has 0 spiro atoms. The number of benzene rings is 4. The summed E-state index contributed by atoms with van der Waals surface area (Å²) in [5.74, 6) is -0.0451. The molecule has 0 unspecified atom stereocenters. The number of thioether (sulfide) groups is 1. The van der Waals surface area contributed by atoms with Gasteiger partial charge in [-0.1, -0.05) is 60.1 Å². The second-order valence-corrected chi connectivity index (χ2v) is 10.9. The van der Waals surface area contributed by atoms with E-state index < -0.39 is 10.1 Å². The lowest BCUT2D eigenvalue weighted by Crippen LogP contribution is -2.28. The highest BCUT2D eigenvalue weighted by atomic mass is 35.5. The van der Waals surface area contributed by atoms with Crippen molar-refractivity contribution in [1.82, 2.24) is 0 Å². The monoisotopic (exact) mass is 546 g/mol. The van der Waals surface area contributed by atoms with Crippen molar-refractivity contribution in [1.29, 1.82) is 0 Å². The van der Waals surface area contributed by atoms with E-state index in [0.717, 1.165) is 5.69 Å². The Labute approximate surface area is 224 Å². The number of aliphatic imine (C=N–C) groups is 1. The summed E-state index contributed by atoms with van der Waals surface area (Å²) in [5, 5.41) is 0.973. The predicted octanol–water partition coefficient (Wildman–Crippen LogP) is 6.92. The molecule has 4 aromatic rings. The van der Waals surface area contributed by atoms with Crippen molar-refractivity contribution in [2.75, 3.05) is 4.90 Å². The first-order chi connectivity index (χ1) is 17.9. The van der Waals surface area contributed by atoms with Gasteiger partial charge in [0.05, 0.1) is 16.3 Å². The highest BCUT2D eigenvalue weighted by molar-refractivity contribution is 8.19. The smallest absolute Gasteiger partial charge is 0.339 e. The van der Waals surface area contributed by atoms with Gasteiger partial charge in [0.1, 0.15) is 10.6 Å². The van der Waals surface area contributed by atoms with Crippen LogP contribution in [-0.2, 0) is 14.9 Å². The maximum absolute atomic E-state index is 13.4. The third-order valence-corrected chi connectivity index (χ3v) is 7.77. The number of halogens is 1. The summed E-state index contributed by atoms with van der Waals surface area (Å²) in [5.41, 5.74) is 2.17. The molecule has 0 bridgehead atoms. The fraction of sp³-hybridized carbons (Fsp3) is 0. The van der Waals surface area contributed by atoms with Crippen molar-refractivity contribution in [3.05, 3.63) is 125 Å². The largest absolute Gasteiger partial charge is 0.379 e. The molecule has 0 aliphatic carbocycles. The van der Waals surface area contributed by atoms with Gasteiger partial charge in [0, 0.05) is 5.02 Å². The molecule has 0 atom stereocenters. The number of amides is 1. The molecule has 1 fully saturated rings. The van der Waals surface area contributed by atoms with Crippen molar-refractivity contribution >= 4 is 62.0 Å². The van der Waals surface area contributed by atoms with E-state index in [0.29, 0.717) is 26.3 Å². The molecule has 1 heterocycles. The van der Waals surface area contributed by atoms with Gasteiger partial charge >= 0.3 is 10.1 Å². The van der Waals surface area contributed by atoms with Gasteiger partial charge in [-0.3, -0.25) is 9.69 Å². The molecule has 1 amide bonds. The average Bonchev–Trinajstić information content (AvgIpc) is 3.20. The first kappa shape index (κ1) is 24.8. The topological polar surface area (TPSA) is 76.0 Å². The Kier molecular flexibility index (Phi) is 7.14. The lowest BCUT2D eigenvalue weighted by Gasteiger charge is -2.15. The number of hydrogen-bond donors (Lipinski definition) is 0. The quantitative estimate of drug-likeness (QED) is 0.194. The highest BCUT2D eigenvalue weighted by Gasteiger charge is 2.34. The van der Waals surface area contributed by atoms with Crippen LogP contribution < -0.4 is 9.08 Å². The molecule has 0 saturated carbocycles. The summed E-state index contributed by atoms with van der Waals surface area (Å²) in [6, 6.07) is 31.0. The van der Waals surface area contributed by atoms with Crippen LogP contribution in [-0.4, -0.2) is 19.5 Å². The summed E-state index contributed by atoms with van der Waals surface area (Å²) in [7, 11) is -4.00. The third-order valence-electron chi connectivity index (χ3n) is 5.29. The van der Waals surface area contributed by atoms with Gasteiger partial charge in [0.2, 0.25) is 0 Å². The molecule has 4 aromatic carbocycles. The molecule has 1 aliphatic rings. The van der Waals surface area contributed by atoms with E-state index in [1.54, 1.807) is 23.1 Å². The molecule has 6 nitrogen and oxygen atoms in total. The van der Waals surface area contributed by atoms with E-state index in [9.17, 15) is 13.2 Å². The van der Waals surface area contributed by atoms with E-state index in [1.807, 2.05) is 60.7 Å². The fourth-order valence-corrected chi connectivity index (χ4v) is 5.57. The number of para-hydroxylation sites is 2. The van der Waals surface area contributed by atoms with Crippen LogP contribution in [0.3, 0.4) is 0 Å². The zero-order chi connectivity index (χ0) is 25.8. The lowest BCUT2D eigenvalue weighted by molar-refractivity contribution is -0.113. The van der Waals surface area contributed by atoms with E-state index in [2.05, 4.69) is 0 Å². The fourth-order valence-electron chi connectivity index (χ4n) is 3.51. The summed E-state index contributed by atoms with van der Waals surface area (Å²) in [6.45, 7) is 0. The molecule has 37 heavy (non-hydrogen) atoms. The number of anilines is 1. The Morgan fingerprint density at radius 2 is 1.43 bits per heavy atom. The molecular formula is C28H19ClN2O4S2. The number of amidine groups is 1. The molecule has 1 saturated heterocycles. The minimum Gasteiger partial charge on any atom is -0.379 e. The second-order valence-electron chi connectivity index (χ2n) is 7.88. The van der Waals surface area contributed by atoms with Crippen LogP contribution in [0.2, 0.25) is 5.02 Å². The Morgan fingerprint density at radius 1 is 0.811 bits per heavy atom. The number of carbonyl (C=O) groups excluding carboxylic acids is 1. The van der Waals surface area contributed by atoms with Crippen LogP contribution in [0.4, 0.5) is 11.4 Å². The maximum Gasteiger partial charge on any atom is 0.339 e. The van der Waals surface area contributed by atoms with Gasteiger partial charge in [-0.05, 0) is 84.1 Å². The molecule has 0 N–H and O–H groups in total. The van der Waals surface area contributed by atoms with E-state index in [-0.39, 0.29) is 16.6 Å². The highest BCUT2D eigenvalue weighted by Crippen LogP contribution is 2.37. The van der Waals surface area contributed by atoms with Gasteiger partial charge in [0.25, 0.3) is 5.91 Å². The number of nitrogens with zero attached hydrogens (tertiary/aromatic N) is 2. The van der Waals surface area contributed by atoms with Crippen molar-refractivity contribution in [2.24, 2.45) is 4.99 Å². The first-order valence-corrected chi connectivity index (χ1v) is 13.7. The van der Waals surface area contributed by atoms with Gasteiger partial charge in [-0.15, -0.1) is 0 Å². The normalized spacial score (nSPS) is 15.9. The molecule has 0 radical (unpaired) electrons. The Bertz CT molecular complexity index is 1590. The summed E-state index contributed by atoms with van der Waals surface area (Å²) in [6.07, 6.45) is 1.74. The first-order valence-electron chi connectivity index (χ1n) is 11.1. The maximum atomic E-state index is 13.4. The van der Waals surface area contributed by atoms with Crippen LogP contribution in [0, 0.1) is 0 Å². The predicted molar refractivity (Wildman–Crippen MR) is 149 cm³/mol. The summed E-state index contributed by atoms with van der Waals surface area (Å²) >= 11 is 7.11. The van der Waals surface area contributed by atoms with Gasteiger partial charge in [-0.25, -0.2) is 4.99 Å². The zero-order valence-electron chi connectivity index (χ0n) is 19.2. The third kappa shape index (κ3) is 5.77. The standard InChI is InChI=1S/C28H19ClN2O4S2/c29-21-13-17-25(18-14-21)37(33,34)35-24-15-11-20(12-16-24)19-26-27(32)31(23-9-5-2-6-10-23)28(36-26)30-22-7-3-1-4-8-22/h1-19H/b26-19+,30-28?. The van der Waals surface area contributed by atoms with Crippen molar-refractivity contribution in [2.45, 2.75) is 4.90 Å². The Hall–Kier alpha value is -3.85.